The minimum absolute atomic E-state index is 0.0710. The van der Waals surface area contributed by atoms with Crippen molar-refractivity contribution in [3.63, 3.8) is 0 Å². The number of halogens is 1. The standard InChI is InChI=1S/C29H50ClN5O2/c1-19-12-20(2)33(32-19)24-9-7-8-21(14-24)29(36)31-17-25-15-22-13-23(30)16-26(28(22)37-25)27-18-34(3,4)10-11-35(27,5)6/h12,19,21-28H,7-11,13-18H2,1-6H3/q+2/p+1. The molecule has 8 heteroatoms. The van der Waals surface area contributed by atoms with Crippen LogP contribution in [0.15, 0.2) is 16.9 Å². The lowest BCUT2D eigenvalue weighted by atomic mass is 9.73. The second kappa shape index (κ2) is 10.5. The van der Waals surface area contributed by atoms with Gasteiger partial charge in [0.2, 0.25) is 11.6 Å². The van der Waals surface area contributed by atoms with Gasteiger partial charge in [0.15, 0.2) is 6.04 Å². The molecule has 9 atom stereocenters. The molecule has 0 radical (unpaired) electrons. The molecule has 2 saturated carbocycles. The van der Waals surface area contributed by atoms with Crippen molar-refractivity contribution >= 4 is 17.5 Å². The molecule has 0 aromatic heterocycles. The zero-order chi connectivity index (χ0) is 26.5. The van der Waals surface area contributed by atoms with Crippen molar-refractivity contribution in [3.8, 4) is 0 Å². The molecule has 208 valence electrons. The van der Waals surface area contributed by atoms with E-state index in [9.17, 15) is 4.79 Å². The van der Waals surface area contributed by atoms with Crippen LogP contribution >= 0.6 is 11.6 Å². The van der Waals surface area contributed by atoms with E-state index in [0.717, 1.165) is 53.9 Å². The number of azo groups is 2. The minimum Gasteiger partial charge on any atom is -0.372 e. The van der Waals surface area contributed by atoms with E-state index in [1.807, 2.05) is 0 Å². The van der Waals surface area contributed by atoms with Crippen LogP contribution in [-0.4, -0.2) is 110 Å². The molecular weight excluding hydrogens is 486 g/mol. The summed E-state index contributed by atoms with van der Waals surface area (Å²) in [7, 11) is 9.52. The number of rotatable bonds is 5. The third-order valence-corrected chi connectivity index (χ3v) is 10.6. The molecule has 37 heavy (non-hydrogen) atoms. The fraction of sp³-hybridized carbons (Fsp3) is 0.897. The Morgan fingerprint density at radius 2 is 1.95 bits per heavy atom. The number of quaternary nitrogens is 2. The van der Waals surface area contributed by atoms with Gasteiger partial charge in [-0.15, -0.1) is 11.6 Å². The molecule has 3 heterocycles. The Labute approximate surface area is 229 Å². The van der Waals surface area contributed by atoms with E-state index in [-0.39, 0.29) is 35.5 Å². The van der Waals surface area contributed by atoms with E-state index in [1.54, 1.807) is 0 Å². The summed E-state index contributed by atoms with van der Waals surface area (Å²) >= 11 is 6.87. The Bertz CT molecular complexity index is 933. The Morgan fingerprint density at radius 1 is 1.16 bits per heavy atom. The molecule has 1 N–H and O–H groups in total. The van der Waals surface area contributed by atoms with Crippen LogP contribution < -0.4 is 5.32 Å². The number of carbonyl (C=O) groups is 1. The van der Waals surface area contributed by atoms with Crippen LogP contribution in [0.1, 0.15) is 58.8 Å². The third kappa shape index (κ3) is 5.95. The fourth-order valence-electron chi connectivity index (χ4n) is 8.18. The van der Waals surface area contributed by atoms with Gasteiger partial charge < -0.3 is 19.0 Å². The van der Waals surface area contributed by atoms with Gasteiger partial charge in [-0.2, -0.15) is 0 Å². The summed E-state index contributed by atoms with van der Waals surface area (Å²) in [5, 5.41) is 8.32. The molecule has 2 aliphatic carbocycles. The van der Waals surface area contributed by atoms with Crippen LogP contribution in [0, 0.1) is 17.8 Å². The van der Waals surface area contributed by atoms with Gasteiger partial charge in [0.25, 0.3) is 0 Å². The molecule has 0 bridgehead atoms. The molecule has 0 aromatic carbocycles. The Morgan fingerprint density at radius 3 is 2.68 bits per heavy atom. The zero-order valence-electron chi connectivity index (χ0n) is 24.0. The van der Waals surface area contributed by atoms with Crippen LogP contribution in [0.3, 0.4) is 0 Å². The van der Waals surface area contributed by atoms with Gasteiger partial charge >= 0.3 is 0 Å². The smallest absolute Gasteiger partial charge is 0.223 e. The van der Waals surface area contributed by atoms with Crippen molar-refractivity contribution in [3.05, 3.63) is 11.8 Å². The molecule has 3 aliphatic heterocycles. The fourth-order valence-corrected chi connectivity index (χ4v) is 8.62. The lowest BCUT2D eigenvalue weighted by Crippen LogP contribution is -2.70. The quantitative estimate of drug-likeness (QED) is 0.330. The molecule has 0 aromatic rings. The van der Waals surface area contributed by atoms with Gasteiger partial charge in [-0.25, -0.2) is 0 Å². The number of nitrogens with one attached hydrogen (secondary N) is 1. The maximum Gasteiger partial charge on any atom is 0.223 e. The van der Waals surface area contributed by atoms with E-state index in [2.05, 4.69) is 58.1 Å². The first-order chi connectivity index (χ1) is 17.4. The van der Waals surface area contributed by atoms with Crippen molar-refractivity contribution < 1.29 is 23.2 Å². The lowest BCUT2D eigenvalue weighted by molar-refractivity contribution is -1.02. The van der Waals surface area contributed by atoms with Gasteiger partial charge in [0, 0.05) is 49.6 Å². The maximum absolute atomic E-state index is 13.2. The van der Waals surface area contributed by atoms with Crippen molar-refractivity contribution in [1.29, 1.82) is 0 Å². The maximum atomic E-state index is 13.2. The summed E-state index contributed by atoms with van der Waals surface area (Å²) in [6, 6.07) is 1.15. The van der Waals surface area contributed by atoms with Gasteiger partial charge in [-0.05, 0) is 50.1 Å². The average Bonchev–Trinajstić information content (AvgIpc) is 3.40. The van der Waals surface area contributed by atoms with E-state index in [0.29, 0.717) is 30.5 Å². The van der Waals surface area contributed by atoms with E-state index >= 15 is 0 Å². The van der Waals surface area contributed by atoms with Gasteiger partial charge in [0.1, 0.15) is 31.7 Å². The molecule has 5 aliphatic rings. The van der Waals surface area contributed by atoms with E-state index in [4.69, 9.17) is 21.5 Å². The molecule has 0 spiro atoms. The summed E-state index contributed by atoms with van der Waals surface area (Å²) in [5.41, 5.74) is 1.23. The summed E-state index contributed by atoms with van der Waals surface area (Å²) < 4.78 is 11.1. The highest BCUT2D eigenvalue weighted by molar-refractivity contribution is 6.20. The second-order valence-corrected chi connectivity index (χ2v) is 14.8. The van der Waals surface area contributed by atoms with Crippen LogP contribution in [0.5, 0.6) is 0 Å². The highest BCUT2D eigenvalue weighted by Crippen LogP contribution is 2.46. The highest BCUT2D eigenvalue weighted by atomic mass is 35.5. The van der Waals surface area contributed by atoms with Crippen LogP contribution in [0.25, 0.3) is 0 Å². The molecule has 1 amide bonds. The Hall–Kier alpha value is -1.02. The highest BCUT2D eigenvalue weighted by Gasteiger charge is 2.54. The van der Waals surface area contributed by atoms with Crippen molar-refractivity contribution in [2.24, 2.45) is 22.9 Å². The number of hydrogen-bond acceptors (Lipinski definition) is 3. The number of alkyl halides is 1. The summed E-state index contributed by atoms with van der Waals surface area (Å²) in [4.78, 5) is 13.2. The van der Waals surface area contributed by atoms with Crippen LogP contribution in [0.4, 0.5) is 0 Å². The largest absolute Gasteiger partial charge is 0.372 e. The second-order valence-electron chi connectivity index (χ2n) is 14.1. The summed E-state index contributed by atoms with van der Waals surface area (Å²) in [5.74, 6) is 1.26. The van der Waals surface area contributed by atoms with E-state index in [1.165, 1.54) is 25.3 Å². The topological polar surface area (TPSA) is 53.7 Å². The number of allylic oxidation sites excluding steroid dienone is 1. The molecule has 7 nitrogen and oxygen atoms in total. The zero-order valence-corrected chi connectivity index (χ0v) is 24.8. The van der Waals surface area contributed by atoms with Crippen LogP contribution in [-0.2, 0) is 9.53 Å². The van der Waals surface area contributed by atoms with Crippen LogP contribution in [0.2, 0.25) is 0 Å². The van der Waals surface area contributed by atoms with E-state index < -0.39 is 0 Å². The molecule has 5 rings (SSSR count). The molecule has 2 saturated heterocycles. The normalized spacial score (nSPS) is 43.1. The van der Waals surface area contributed by atoms with Crippen molar-refractivity contribution in [2.75, 3.05) is 54.4 Å². The summed E-state index contributed by atoms with van der Waals surface area (Å²) in [6.45, 7) is 8.47. The van der Waals surface area contributed by atoms with Gasteiger partial charge in [0.05, 0.1) is 40.4 Å². The lowest BCUT2D eigenvalue weighted by Gasteiger charge is -2.52. The first-order valence-corrected chi connectivity index (χ1v) is 15.3. The number of amides is 1. The minimum atomic E-state index is 0.0710. The first-order valence-electron chi connectivity index (χ1n) is 14.8. The SMILES string of the molecule is CC1=CC(C)N=[N+]1C1CCCC(C(=O)NCC2CC3CC(Cl)CC(C4C[N+](C)(C)CC[N+]4(C)C)C3O2)C1. The molecular formula is C29H51ClN5O2+3. The number of nitrogens with zero attached hydrogens (tertiary/aromatic N) is 4. The number of fused-ring (bicyclic) bond motifs is 1. The van der Waals surface area contributed by atoms with Crippen molar-refractivity contribution in [1.82, 2.24) is 5.32 Å². The summed E-state index contributed by atoms with van der Waals surface area (Å²) in [6.07, 6.45) is 9.77. The number of hydrogen-bond donors (Lipinski definition) is 1. The predicted molar refractivity (Wildman–Crippen MR) is 146 cm³/mol. The Kier molecular flexibility index (Phi) is 7.83. The number of piperazine rings is 1. The monoisotopic (exact) mass is 536 g/mol. The van der Waals surface area contributed by atoms with Crippen molar-refractivity contribution in [2.45, 2.75) is 94.5 Å². The molecule has 4 fully saturated rings. The third-order valence-electron chi connectivity index (χ3n) is 10.3. The number of ether oxygens (including phenoxy) is 1. The molecule has 9 unspecified atom stereocenters. The Balaban J connectivity index is 1.18. The van der Waals surface area contributed by atoms with Gasteiger partial charge in [-0.1, -0.05) is 4.70 Å². The number of likely N-dealkylation sites (N-methyl/N-ethyl adjacent to an activating group) is 2. The average molecular weight is 537 g/mol. The number of carbonyl (C=O) groups excluding carboxylic acids is 1. The van der Waals surface area contributed by atoms with Gasteiger partial charge in [-0.3, -0.25) is 4.79 Å². The predicted octanol–water partition coefficient (Wildman–Crippen LogP) is 3.76. The first kappa shape index (κ1) is 27.5.